The van der Waals surface area contributed by atoms with Crippen molar-refractivity contribution in [3.8, 4) is 0 Å². The first-order chi connectivity index (χ1) is 11.2. The molecule has 0 spiro atoms. The summed E-state index contributed by atoms with van der Waals surface area (Å²) >= 11 is 1.83. The molecule has 124 valence electrons. The summed E-state index contributed by atoms with van der Waals surface area (Å²) in [7, 11) is 0. The van der Waals surface area contributed by atoms with E-state index in [1.54, 1.807) is 0 Å². The molecule has 2 unspecified atom stereocenters. The number of thioether (sulfide) groups is 1. The SMILES string of the molecule is CSCCC(N)C(N)CCC(c1ccccc1)c1ccccc1. The molecule has 2 atom stereocenters. The summed E-state index contributed by atoms with van der Waals surface area (Å²) in [5.41, 5.74) is 15.3. The van der Waals surface area contributed by atoms with Gasteiger partial charge in [0.25, 0.3) is 0 Å². The maximum atomic E-state index is 6.33. The van der Waals surface area contributed by atoms with E-state index in [1.807, 2.05) is 11.8 Å². The van der Waals surface area contributed by atoms with Crippen molar-refractivity contribution in [2.75, 3.05) is 12.0 Å². The van der Waals surface area contributed by atoms with Crippen molar-refractivity contribution < 1.29 is 0 Å². The summed E-state index contributed by atoms with van der Waals surface area (Å²) in [4.78, 5) is 0. The summed E-state index contributed by atoms with van der Waals surface area (Å²) in [6.07, 6.45) is 5.08. The van der Waals surface area contributed by atoms with Gasteiger partial charge in [-0.05, 0) is 42.4 Å². The third-order valence-electron chi connectivity index (χ3n) is 4.40. The Morgan fingerprint density at radius 2 is 1.22 bits per heavy atom. The summed E-state index contributed by atoms with van der Waals surface area (Å²) in [6, 6.07) is 21.5. The van der Waals surface area contributed by atoms with Crippen LogP contribution in [0.25, 0.3) is 0 Å². The van der Waals surface area contributed by atoms with Crippen LogP contribution in [0.15, 0.2) is 60.7 Å². The quantitative estimate of drug-likeness (QED) is 0.731. The van der Waals surface area contributed by atoms with E-state index >= 15 is 0 Å². The lowest BCUT2D eigenvalue weighted by atomic mass is 9.85. The highest BCUT2D eigenvalue weighted by Gasteiger charge is 2.18. The zero-order valence-electron chi connectivity index (χ0n) is 13.9. The van der Waals surface area contributed by atoms with Crippen LogP contribution >= 0.6 is 11.8 Å². The van der Waals surface area contributed by atoms with E-state index in [1.165, 1.54) is 11.1 Å². The molecule has 23 heavy (non-hydrogen) atoms. The zero-order chi connectivity index (χ0) is 16.5. The standard InChI is InChI=1S/C20H28N2S/c1-23-15-14-20(22)19(21)13-12-18(16-8-4-2-5-9-16)17-10-6-3-7-11-17/h2-11,18-20H,12-15,21-22H2,1H3. The molecule has 0 radical (unpaired) electrons. The molecule has 2 aromatic carbocycles. The molecular weight excluding hydrogens is 300 g/mol. The fourth-order valence-corrected chi connectivity index (χ4v) is 3.45. The molecule has 0 aliphatic rings. The largest absolute Gasteiger partial charge is 0.326 e. The van der Waals surface area contributed by atoms with Crippen LogP contribution in [-0.4, -0.2) is 24.1 Å². The van der Waals surface area contributed by atoms with Crippen LogP contribution in [0.4, 0.5) is 0 Å². The average Bonchev–Trinajstić information content (AvgIpc) is 2.61. The van der Waals surface area contributed by atoms with E-state index in [9.17, 15) is 0 Å². The van der Waals surface area contributed by atoms with Gasteiger partial charge in [0.1, 0.15) is 0 Å². The van der Waals surface area contributed by atoms with Crippen LogP contribution < -0.4 is 11.5 Å². The normalized spacial score (nSPS) is 13.9. The van der Waals surface area contributed by atoms with Gasteiger partial charge in [0.05, 0.1) is 0 Å². The topological polar surface area (TPSA) is 52.0 Å². The fraction of sp³-hybridized carbons (Fsp3) is 0.400. The van der Waals surface area contributed by atoms with E-state index in [4.69, 9.17) is 11.5 Å². The first-order valence-corrected chi connectivity index (χ1v) is 9.71. The Labute approximate surface area is 144 Å². The Morgan fingerprint density at radius 3 is 1.70 bits per heavy atom. The van der Waals surface area contributed by atoms with Gasteiger partial charge < -0.3 is 11.5 Å². The Bertz CT molecular complexity index is 505. The van der Waals surface area contributed by atoms with Crippen molar-refractivity contribution in [1.29, 1.82) is 0 Å². The highest BCUT2D eigenvalue weighted by Crippen LogP contribution is 2.29. The molecule has 2 aromatic rings. The average molecular weight is 329 g/mol. The van der Waals surface area contributed by atoms with Crippen LogP contribution in [0.3, 0.4) is 0 Å². The lowest BCUT2D eigenvalue weighted by molar-refractivity contribution is 0.462. The molecule has 3 heteroatoms. The molecule has 0 saturated heterocycles. The monoisotopic (exact) mass is 328 g/mol. The lowest BCUT2D eigenvalue weighted by Crippen LogP contribution is -2.41. The second-order valence-corrected chi connectivity index (χ2v) is 7.05. The van der Waals surface area contributed by atoms with Gasteiger partial charge in [0, 0.05) is 18.0 Å². The smallest absolute Gasteiger partial charge is 0.0200 e. The number of nitrogens with two attached hydrogens (primary N) is 2. The fourth-order valence-electron chi connectivity index (χ4n) is 2.94. The van der Waals surface area contributed by atoms with E-state index in [2.05, 4.69) is 66.9 Å². The van der Waals surface area contributed by atoms with Crippen LogP contribution in [0, 0.1) is 0 Å². The van der Waals surface area contributed by atoms with Gasteiger partial charge in [-0.1, -0.05) is 60.7 Å². The summed E-state index contributed by atoms with van der Waals surface area (Å²) < 4.78 is 0. The second-order valence-electron chi connectivity index (χ2n) is 6.06. The van der Waals surface area contributed by atoms with E-state index < -0.39 is 0 Å². The molecule has 2 rings (SSSR count). The molecule has 2 nitrogen and oxygen atoms in total. The van der Waals surface area contributed by atoms with E-state index in [0.717, 1.165) is 25.0 Å². The van der Waals surface area contributed by atoms with Crippen molar-refractivity contribution in [3.05, 3.63) is 71.8 Å². The predicted octanol–water partition coefficient (Wildman–Crippen LogP) is 4.01. The minimum absolute atomic E-state index is 0.0667. The molecule has 0 saturated carbocycles. The first kappa shape index (κ1) is 18.1. The van der Waals surface area contributed by atoms with Crippen LogP contribution in [0.1, 0.15) is 36.3 Å². The van der Waals surface area contributed by atoms with Crippen molar-refractivity contribution >= 4 is 11.8 Å². The van der Waals surface area contributed by atoms with Gasteiger partial charge in [-0.2, -0.15) is 11.8 Å². The van der Waals surface area contributed by atoms with Gasteiger partial charge in [-0.3, -0.25) is 0 Å². The highest BCUT2D eigenvalue weighted by molar-refractivity contribution is 7.98. The van der Waals surface area contributed by atoms with Gasteiger partial charge >= 0.3 is 0 Å². The first-order valence-electron chi connectivity index (χ1n) is 8.32. The van der Waals surface area contributed by atoms with Crippen molar-refractivity contribution in [3.63, 3.8) is 0 Å². The van der Waals surface area contributed by atoms with Crippen molar-refractivity contribution in [1.82, 2.24) is 0 Å². The minimum Gasteiger partial charge on any atom is -0.326 e. The molecule has 0 bridgehead atoms. The Balaban J connectivity index is 2.04. The Hall–Kier alpha value is -1.29. The Morgan fingerprint density at radius 1 is 0.739 bits per heavy atom. The van der Waals surface area contributed by atoms with Gasteiger partial charge in [-0.15, -0.1) is 0 Å². The molecule has 0 heterocycles. The third kappa shape index (κ3) is 5.69. The van der Waals surface area contributed by atoms with Crippen LogP contribution in [-0.2, 0) is 0 Å². The number of hydrogen-bond acceptors (Lipinski definition) is 3. The number of benzene rings is 2. The van der Waals surface area contributed by atoms with Crippen molar-refractivity contribution in [2.45, 2.75) is 37.3 Å². The van der Waals surface area contributed by atoms with Gasteiger partial charge in [0.15, 0.2) is 0 Å². The van der Waals surface area contributed by atoms with Gasteiger partial charge in [-0.25, -0.2) is 0 Å². The molecule has 0 fully saturated rings. The molecule has 4 N–H and O–H groups in total. The molecule has 0 amide bonds. The summed E-state index contributed by atoms with van der Waals surface area (Å²) in [5.74, 6) is 1.46. The molecule has 0 aromatic heterocycles. The summed E-state index contributed by atoms with van der Waals surface area (Å²) in [5, 5.41) is 0. The number of rotatable bonds is 9. The summed E-state index contributed by atoms with van der Waals surface area (Å²) in [6.45, 7) is 0. The highest BCUT2D eigenvalue weighted by atomic mass is 32.2. The maximum Gasteiger partial charge on any atom is 0.0200 e. The minimum atomic E-state index is 0.0667. The van der Waals surface area contributed by atoms with E-state index in [0.29, 0.717) is 5.92 Å². The zero-order valence-corrected chi connectivity index (χ0v) is 14.7. The molecular formula is C20H28N2S. The van der Waals surface area contributed by atoms with Crippen molar-refractivity contribution in [2.24, 2.45) is 11.5 Å². The van der Waals surface area contributed by atoms with E-state index in [-0.39, 0.29) is 12.1 Å². The lowest BCUT2D eigenvalue weighted by Gasteiger charge is -2.23. The van der Waals surface area contributed by atoms with Gasteiger partial charge in [0.2, 0.25) is 0 Å². The maximum absolute atomic E-state index is 6.33. The molecule has 0 aliphatic heterocycles. The Kier molecular flexibility index (Phi) is 7.66. The number of hydrogen-bond donors (Lipinski definition) is 2. The second kappa shape index (κ2) is 9.76. The van der Waals surface area contributed by atoms with Crippen LogP contribution in [0.5, 0.6) is 0 Å². The third-order valence-corrected chi connectivity index (χ3v) is 5.04. The van der Waals surface area contributed by atoms with Crippen LogP contribution in [0.2, 0.25) is 0 Å². The molecule has 0 aliphatic carbocycles. The predicted molar refractivity (Wildman–Crippen MR) is 103 cm³/mol.